The molecular weight excluding hydrogens is 382 g/mol. The number of hydrogen-bond donors (Lipinski definition) is 1. The predicted octanol–water partition coefficient (Wildman–Crippen LogP) is 5.17. The molecule has 0 aliphatic heterocycles. The summed E-state index contributed by atoms with van der Waals surface area (Å²) in [5, 5.41) is 4.60. The standard InChI is InChI=1S/C23H21N3O2S/c1-15-12-19(17-8-4-3-5-9-17)26-23(24-15)29-14-22(27)25-16(2)21-13-18-10-6-7-11-20(18)28-21/h3-13,16H,14H2,1-2H3,(H,25,27)/t16-/m0/s1. The highest BCUT2D eigenvalue weighted by Crippen LogP contribution is 2.24. The maximum Gasteiger partial charge on any atom is 0.231 e. The summed E-state index contributed by atoms with van der Waals surface area (Å²) in [5.74, 6) is 0.888. The number of aryl methyl sites for hydroxylation is 1. The van der Waals surface area contributed by atoms with Crippen molar-refractivity contribution in [3.63, 3.8) is 0 Å². The lowest BCUT2D eigenvalue weighted by molar-refractivity contribution is -0.119. The maximum absolute atomic E-state index is 12.4. The molecule has 2 aromatic carbocycles. The van der Waals surface area contributed by atoms with Crippen LogP contribution in [0, 0.1) is 6.92 Å². The predicted molar refractivity (Wildman–Crippen MR) is 116 cm³/mol. The van der Waals surface area contributed by atoms with Crippen molar-refractivity contribution in [1.29, 1.82) is 0 Å². The Morgan fingerprint density at radius 1 is 1.07 bits per heavy atom. The number of para-hydroxylation sites is 1. The molecule has 29 heavy (non-hydrogen) atoms. The summed E-state index contributed by atoms with van der Waals surface area (Å²) in [5.41, 5.74) is 3.58. The van der Waals surface area contributed by atoms with Crippen molar-refractivity contribution in [2.24, 2.45) is 0 Å². The highest BCUT2D eigenvalue weighted by molar-refractivity contribution is 7.99. The van der Waals surface area contributed by atoms with Crippen molar-refractivity contribution in [1.82, 2.24) is 15.3 Å². The Hall–Kier alpha value is -3.12. The van der Waals surface area contributed by atoms with Crippen LogP contribution in [0.15, 0.2) is 76.3 Å². The number of amides is 1. The summed E-state index contributed by atoms with van der Waals surface area (Å²) in [6, 6.07) is 21.5. The third-order valence-electron chi connectivity index (χ3n) is 4.48. The zero-order valence-electron chi connectivity index (χ0n) is 16.3. The molecule has 6 heteroatoms. The molecule has 0 aliphatic rings. The van der Waals surface area contributed by atoms with Crippen molar-refractivity contribution in [3.8, 4) is 11.3 Å². The third kappa shape index (κ3) is 4.66. The van der Waals surface area contributed by atoms with E-state index in [4.69, 9.17) is 4.42 Å². The van der Waals surface area contributed by atoms with Crippen LogP contribution in [0.1, 0.15) is 24.4 Å². The molecule has 4 rings (SSSR count). The van der Waals surface area contributed by atoms with E-state index in [1.54, 1.807) is 0 Å². The van der Waals surface area contributed by atoms with Crippen molar-refractivity contribution in [3.05, 3.63) is 78.2 Å². The number of nitrogens with one attached hydrogen (secondary N) is 1. The Labute approximate surface area is 173 Å². The second-order valence-electron chi connectivity index (χ2n) is 6.81. The maximum atomic E-state index is 12.4. The smallest absolute Gasteiger partial charge is 0.231 e. The fourth-order valence-electron chi connectivity index (χ4n) is 3.06. The van der Waals surface area contributed by atoms with E-state index in [1.165, 1.54) is 11.8 Å². The van der Waals surface area contributed by atoms with Gasteiger partial charge in [-0.05, 0) is 32.0 Å². The minimum absolute atomic E-state index is 0.0886. The number of carbonyl (C=O) groups excluding carboxylic acids is 1. The quantitative estimate of drug-likeness (QED) is 0.355. The number of fused-ring (bicyclic) bond motifs is 1. The monoisotopic (exact) mass is 403 g/mol. The van der Waals surface area contributed by atoms with Crippen LogP contribution >= 0.6 is 11.8 Å². The fraction of sp³-hybridized carbons (Fsp3) is 0.174. The van der Waals surface area contributed by atoms with Gasteiger partial charge in [-0.15, -0.1) is 0 Å². The molecule has 0 fully saturated rings. The van der Waals surface area contributed by atoms with Gasteiger partial charge < -0.3 is 9.73 Å². The van der Waals surface area contributed by atoms with E-state index in [9.17, 15) is 4.79 Å². The Balaban J connectivity index is 1.40. The van der Waals surface area contributed by atoms with E-state index in [0.29, 0.717) is 5.16 Å². The number of furan rings is 1. The third-order valence-corrected chi connectivity index (χ3v) is 5.33. The van der Waals surface area contributed by atoms with Gasteiger partial charge in [-0.25, -0.2) is 9.97 Å². The van der Waals surface area contributed by atoms with E-state index in [0.717, 1.165) is 33.7 Å². The van der Waals surface area contributed by atoms with Crippen LogP contribution in [-0.2, 0) is 4.79 Å². The van der Waals surface area contributed by atoms with Crippen LogP contribution < -0.4 is 5.32 Å². The van der Waals surface area contributed by atoms with Gasteiger partial charge in [0.05, 0.1) is 17.5 Å². The Morgan fingerprint density at radius 3 is 2.62 bits per heavy atom. The van der Waals surface area contributed by atoms with Crippen LogP contribution in [-0.4, -0.2) is 21.6 Å². The van der Waals surface area contributed by atoms with E-state index in [-0.39, 0.29) is 17.7 Å². The van der Waals surface area contributed by atoms with Gasteiger partial charge in [0.2, 0.25) is 5.91 Å². The number of carbonyl (C=O) groups is 1. The van der Waals surface area contributed by atoms with Crippen LogP contribution in [0.5, 0.6) is 0 Å². The molecule has 1 amide bonds. The lowest BCUT2D eigenvalue weighted by atomic mass is 10.1. The lowest BCUT2D eigenvalue weighted by Crippen LogP contribution is -2.28. The number of rotatable bonds is 6. The molecule has 4 aromatic rings. The van der Waals surface area contributed by atoms with Gasteiger partial charge in [-0.2, -0.15) is 0 Å². The van der Waals surface area contributed by atoms with Gasteiger partial charge in [-0.1, -0.05) is 60.3 Å². The van der Waals surface area contributed by atoms with Crippen LogP contribution in [0.25, 0.3) is 22.2 Å². The van der Waals surface area contributed by atoms with Gasteiger partial charge in [-0.3, -0.25) is 4.79 Å². The molecule has 0 saturated carbocycles. The second-order valence-corrected chi connectivity index (χ2v) is 7.75. The number of aromatic nitrogens is 2. The van der Waals surface area contributed by atoms with Gasteiger partial charge >= 0.3 is 0 Å². The van der Waals surface area contributed by atoms with Crippen LogP contribution in [0.3, 0.4) is 0 Å². The number of benzene rings is 2. The number of hydrogen-bond acceptors (Lipinski definition) is 5. The fourth-order valence-corrected chi connectivity index (χ4v) is 3.78. The summed E-state index contributed by atoms with van der Waals surface area (Å²) in [4.78, 5) is 21.5. The lowest BCUT2D eigenvalue weighted by Gasteiger charge is -2.11. The van der Waals surface area contributed by atoms with Gasteiger partial charge in [0, 0.05) is 16.6 Å². The molecule has 2 aromatic heterocycles. The molecular formula is C23H21N3O2S. The first-order chi connectivity index (χ1) is 14.1. The van der Waals surface area contributed by atoms with Crippen LogP contribution in [0.4, 0.5) is 0 Å². The van der Waals surface area contributed by atoms with Crippen molar-refractivity contribution in [2.45, 2.75) is 25.0 Å². The van der Waals surface area contributed by atoms with Gasteiger partial charge in [0.15, 0.2) is 5.16 Å². The molecule has 2 heterocycles. The van der Waals surface area contributed by atoms with Crippen molar-refractivity contribution >= 4 is 28.6 Å². The number of thioether (sulfide) groups is 1. The highest BCUT2D eigenvalue weighted by atomic mass is 32.2. The largest absolute Gasteiger partial charge is 0.459 e. The zero-order chi connectivity index (χ0) is 20.2. The first-order valence-electron chi connectivity index (χ1n) is 9.40. The Morgan fingerprint density at radius 2 is 1.83 bits per heavy atom. The molecule has 5 nitrogen and oxygen atoms in total. The summed E-state index contributed by atoms with van der Waals surface area (Å²) < 4.78 is 5.83. The molecule has 1 atom stereocenters. The molecule has 0 aliphatic carbocycles. The Bertz CT molecular complexity index is 1110. The highest BCUT2D eigenvalue weighted by Gasteiger charge is 2.15. The van der Waals surface area contributed by atoms with E-state index in [1.807, 2.05) is 80.6 Å². The average molecular weight is 404 g/mol. The van der Waals surface area contributed by atoms with Crippen molar-refractivity contribution < 1.29 is 9.21 Å². The SMILES string of the molecule is Cc1cc(-c2ccccc2)nc(SCC(=O)N[C@@H](C)c2cc3ccccc3o2)n1. The topological polar surface area (TPSA) is 68.0 Å². The van der Waals surface area contributed by atoms with E-state index >= 15 is 0 Å². The van der Waals surface area contributed by atoms with Crippen LogP contribution in [0.2, 0.25) is 0 Å². The molecule has 0 bridgehead atoms. The first kappa shape index (κ1) is 19.2. The zero-order valence-corrected chi connectivity index (χ0v) is 17.1. The number of nitrogens with zero attached hydrogens (tertiary/aromatic N) is 2. The molecule has 0 spiro atoms. The summed E-state index contributed by atoms with van der Waals surface area (Å²) in [7, 11) is 0. The second kappa shape index (κ2) is 8.49. The molecule has 0 radical (unpaired) electrons. The first-order valence-corrected chi connectivity index (χ1v) is 10.4. The normalized spacial score (nSPS) is 12.1. The summed E-state index contributed by atoms with van der Waals surface area (Å²) in [6.45, 7) is 3.85. The summed E-state index contributed by atoms with van der Waals surface area (Å²) >= 11 is 1.33. The van der Waals surface area contributed by atoms with Crippen molar-refractivity contribution in [2.75, 3.05) is 5.75 Å². The molecule has 1 N–H and O–H groups in total. The molecule has 0 saturated heterocycles. The minimum atomic E-state index is -0.214. The van der Waals surface area contributed by atoms with E-state index < -0.39 is 0 Å². The summed E-state index contributed by atoms with van der Waals surface area (Å²) in [6.07, 6.45) is 0. The van der Waals surface area contributed by atoms with Gasteiger partial charge in [0.25, 0.3) is 0 Å². The average Bonchev–Trinajstić information content (AvgIpc) is 3.17. The van der Waals surface area contributed by atoms with Gasteiger partial charge in [0.1, 0.15) is 11.3 Å². The minimum Gasteiger partial charge on any atom is -0.459 e. The van der Waals surface area contributed by atoms with E-state index in [2.05, 4.69) is 15.3 Å². The molecule has 146 valence electrons. The Kier molecular flexibility index (Phi) is 5.62. The molecule has 0 unspecified atom stereocenters.